The van der Waals surface area contributed by atoms with Crippen LogP contribution in [0.2, 0.25) is 0 Å². The molecule has 0 spiro atoms. The molecule has 80 valence electrons. The minimum Gasteiger partial charge on any atom is -0.117 e. The van der Waals surface area contributed by atoms with E-state index in [-0.39, 0.29) is 9.75 Å². The zero-order valence-corrected chi connectivity index (χ0v) is 10.5. The van der Waals surface area contributed by atoms with Crippen molar-refractivity contribution in [2.24, 2.45) is 17.3 Å². The van der Waals surface area contributed by atoms with Crippen LogP contribution in [-0.4, -0.2) is 9.75 Å². The molecule has 2 heteroatoms. The summed E-state index contributed by atoms with van der Waals surface area (Å²) in [6.45, 7) is 4.54. The van der Waals surface area contributed by atoms with Crippen molar-refractivity contribution in [1.29, 1.82) is 0 Å². The first-order chi connectivity index (χ1) is 6.36. The Hall–Kier alpha value is 0.580. The van der Waals surface area contributed by atoms with Gasteiger partial charge in [-0.3, -0.25) is 0 Å². The quantitative estimate of drug-likeness (QED) is 0.550. The molecule has 4 bridgehead atoms. The minimum absolute atomic E-state index is 0.104. The van der Waals surface area contributed by atoms with Crippen LogP contribution in [0.5, 0.6) is 0 Å². The molecule has 0 aromatic rings. The van der Waals surface area contributed by atoms with E-state index in [0.717, 1.165) is 24.7 Å². The molecule has 0 radical (unpaired) electrons. The Morgan fingerprint density at radius 3 is 1.86 bits per heavy atom. The van der Waals surface area contributed by atoms with Crippen LogP contribution in [0, 0.1) is 17.3 Å². The van der Waals surface area contributed by atoms with Crippen molar-refractivity contribution in [1.82, 2.24) is 0 Å². The van der Waals surface area contributed by atoms with Crippen LogP contribution in [0.4, 0.5) is 0 Å². The van der Waals surface area contributed by atoms with Gasteiger partial charge in [0, 0.05) is 0 Å². The number of halogens is 2. The van der Waals surface area contributed by atoms with Gasteiger partial charge in [-0.05, 0) is 56.3 Å². The van der Waals surface area contributed by atoms with E-state index in [1.807, 2.05) is 0 Å². The summed E-state index contributed by atoms with van der Waals surface area (Å²) in [5.74, 6) is 1.72. The van der Waals surface area contributed by atoms with Crippen LogP contribution in [0.1, 0.15) is 46.0 Å². The third-order valence-corrected chi connectivity index (χ3v) is 6.95. The van der Waals surface area contributed by atoms with Gasteiger partial charge in [-0.2, -0.15) is 0 Å². The molecule has 0 aliphatic heterocycles. The standard InChI is InChI=1S/C12H18Cl2/c1-10-4-8-3-9(5-10)7-12(14,6-8)11(10,2)13/h8-9H,3-7H2,1-2H3. The van der Waals surface area contributed by atoms with Gasteiger partial charge >= 0.3 is 0 Å². The second-order valence-corrected chi connectivity index (χ2v) is 7.79. The fourth-order valence-corrected chi connectivity index (χ4v) is 5.59. The Labute approximate surface area is 96.3 Å². The average Bonchev–Trinajstić information content (AvgIpc) is 1.98. The molecule has 4 aliphatic rings. The van der Waals surface area contributed by atoms with Gasteiger partial charge in [-0.25, -0.2) is 0 Å². The highest BCUT2D eigenvalue weighted by Crippen LogP contribution is 2.70. The van der Waals surface area contributed by atoms with Crippen LogP contribution >= 0.6 is 23.2 Å². The highest BCUT2D eigenvalue weighted by Gasteiger charge is 2.67. The van der Waals surface area contributed by atoms with Crippen molar-refractivity contribution in [2.45, 2.75) is 55.7 Å². The van der Waals surface area contributed by atoms with Gasteiger partial charge in [-0.1, -0.05) is 6.92 Å². The van der Waals surface area contributed by atoms with Crippen LogP contribution in [-0.2, 0) is 0 Å². The molecule has 0 heterocycles. The molecule has 0 N–H and O–H groups in total. The fraction of sp³-hybridized carbons (Fsp3) is 1.00. The van der Waals surface area contributed by atoms with Crippen molar-refractivity contribution >= 4 is 23.2 Å². The first kappa shape index (κ1) is 9.78. The average molecular weight is 233 g/mol. The summed E-state index contributed by atoms with van der Waals surface area (Å²) in [6, 6.07) is 0. The number of rotatable bonds is 0. The SMILES string of the molecule is CC12CC3CC(C1)CC(Cl)(C3)C2(C)Cl. The number of hydrogen-bond donors (Lipinski definition) is 0. The maximum absolute atomic E-state index is 6.78. The maximum Gasteiger partial charge on any atom is 0.0663 e. The van der Waals surface area contributed by atoms with Crippen LogP contribution in [0.3, 0.4) is 0 Å². The van der Waals surface area contributed by atoms with Crippen LogP contribution in [0.15, 0.2) is 0 Å². The fourth-order valence-electron chi connectivity index (χ4n) is 4.61. The van der Waals surface area contributed by atoms with E-state index in [2.05, 4.69) is 13.8 Å². The normalized spacial score (nSPS) is 66.0. The lowest BCUT2D eigenvalue weighted by atomic mass is 9.45. The summed E-state index contributed by atoms with van der Waals surface area (Å²) >= 11 is 13.6. The third-order valence-electron chi connectivity index (χ3n) is 5.34. The Bertz CT molecular complexity index is 244. The molecule has 4 fully saturated rings. The molecule has 0 aromatic carbocycles. The second-order valence-electron chi connectivity index (χ2n) is 6.31. The summed E-state index contributed by atoms with van der Waals surface area (Å²) < 4.78 is 0. The van der Waals surface area contributed by atoms with E-state index in [4.69, 9.17) is 23.2 Å². The number of hydrogen-bond acceptors (Lipinski definition) is 0. The zero-order valence-electron chi connectivity index (χ0n) is 8.95. The van der Waals surface area contributed by atoms with Crippen LogP contribution in [0.25, 0.3) is 0 Å². The lowest BCUT2D eigenvalue weighted by Gasteiger charge is -2.66. The Morgan fingerprint density at radius 1 is 0.929 bits per heavy atom. The van der Waals surface area contributed by atoms with Gasteiger partial charge in [-0.15, -0.1) is 23.2 Å². The molecule has 4 aliphatic carbocycles. The highest BCUT2D eigenvalue weighted by atomic mass is 35.5. The molecule has 4 rings (SSSR count). The van der Waals surface area contributed by atoms with E-state index < -0.39 is 0 Å². The molecule has 4 saturated carbocycles. The molecule has 0 nitrogen and oxygen atoms in total. The minimum atomic E-state index is -0.186. The maximum atomic E-state index is 6.78. The van der Waals surface area contributed by atoms with Crippen molar-refractivity contribution in [2.75, 3.05) is 0 Å². The number of alkyl halides is 2. The smallest absolute Gasteiger partial charge is 0.0663 e. The van der Waals surface area contributed by atoms with Crippen molar-refractivity contribution < 1.29 is 0 Å². The second kappa shape index (κ2) is 2.46. The predicted octanol–water partition coefficient (Wildman–Crippen LogP) is 4.19. The van der Waals surface area contributed by atoms with Crippen LogP contribution < -0.4 is 0 Å². The molecule has 0 amide bonds. The predicted molar refractivity (Wildman–Crippen MR) is 61.0 cm³/mol. The third kappa shape index (κ3) is 0.930. The van der Waals surface area contributed by atoms with Gasteiger partial charge in [0.25, 0.3) is 0 Å². The Balaban J connectivity index is 2.10. The van der Waals surface area contributed by atoms with E-state index in [1.54, 1.807) is 0 Å². The highest BCUT2D eigenvalue weighted by molar-refractivity contribution is 6.35. The van der Waals surface area contributed by atoms with E-state index in [9.17, 15) is 0 Å². The summed E-state index contributed by atoms with van der Waals surface area (Å²) in [6.07, 6.45) is 6.33. The van der Waals surface area contributed by atoms with Crippen molar-refractivity contribution in [3.8, 4) is 0 Å². The van der Waals surface area contributed by atoms with Gasteiger partial charge in [0.05, 0.1) is 9.75 Å². The summed E-state index contributed by atoms with van der Waals surface area (Å²) in [5, 5.41) is 0. The molecular formula is C12H18Cl2. The lowest BCUT2D eigenvalue weighted by molar-refractivity contribution is -0.0611. The zero-order chi connectivity index (χ0) is 10.2. The Morgan fingerprint density at radius 2 is 1.43 bits per heavy atom. The van der Waals surface area contributed by atoms with Gasteiger partial charge in [0.15, 0.2) is 0 Å². The molecule has 0 saturated heterocycles. The molecule has 3 unspecified atom stereocenters. The van der Waals surface area contributed by atoms with E-state index in [0.29, 0.717) is 5.41 Å². The van der Waals surface area contributed by atoms with Gasteiger partial charge in [0.1, 0.15) is 0 Å². The first-order valence-corrected chi connectivity index (χ1v) is 6.50. The van der Waals surface area contributed by atoms with Gasteiger partial charge in [0.2, 0.25) is 0 Å². The lowest BCUT2D eigenvalue weighted by Crippen LogP contribution is -2.66. The first-order valence-electron chi connectivity index (χ1n) is 5.74. The summed E-state index contributed by atoms with van der Waals surface area (Å²) in [4.78, 5) is -0.289. The Kier molecular flexibility index (Phi) is 1.72. The van der Waals surface area contributed by atoms with Crippen molar-refractivity contribution in [3.05, 3.63) is 0 Å². The van der Waals surface area contributed by atoms with E-state index >= 15 is 0 Å². The van der Waals surface area contributed by atoms with E-state index in [1.165, 1.54) is 19.3 Å². The summed E-state index contributed by atoms with van der Waals surface area (Å²) in [7, 11) is 0. The molecular weight excluding hydrogens is 215 g/mol. The summed E-state index contributed by atoms with van der Waals surface area (Å²) in [5.41, 5.74) is 0.292. The largest absolute Gasteiger partial charge is 0.117 e. The molecule has 14 heavy (non-hydrogen) atoms. The van der Waals surface area contributed by atoms with Crippen molar-refractivity contribution in [3.63, 3.8) is 0 Å². The topological polar surface area (TPSA) is 0 Å². The molecule has 3 atom stereocenters. The monoisotopic (exact) mass is 232 g/mol. The van der Waals surface area contributed by atoms with Gasteiger partial charge < -0.3 is 0 Å². The molecule has 0 aromatic heterocycles.